The molecule has 1 amide bonds. The van der Waals surface area contributed by atoms with Crippen LogP contribution in [0, 0.1) is 0 Å². The zero-order valence-corrected chi connectivity index (χ0v) is 16.0. The summed E-state index contributed by atoms with van der Waals surface area (Å²) in [6, 6.07) is 6.46. The van der Waals surface area contributed by atoms with Crippen molar-refractivity contribution >= 4 is 5.91 Å². The number of hydrogen-bond acceptors (Lipinski definition) is 4. The lowest BCUT2D eigenvalue weighted by atomic mass is 10.1. The number of rotatable bonds is 7. The highest BCUT2D eigenvalue weighted by Crippen LogP contribution is 2.25. The number of aryl methyl sites for hydroxylation is 1. The Morgan fingerprint density at radius 3 is 2.77 bits per heavy atom. The zero-order chi connectivity index (χ0) is 18.2. The predicted octanol–water partition coefficient (Wildman–Crippen LogP) is 3.56. The molecule has 0 spiro atoms. The first kappa shape index (κ1) is 19.2. The number of fused-ring (bicyclic) bond motifs is 1. The summed E-state index contributed by atoms with van der Waals surface area (Å²) < 4.78 is 0. The second kappa shape index (κ2) is 9.93. The van der Waals surface area contributed by atoms with E-state index in [-0.39, 0.29) is 0 Å². The molecule has 0 aromatic heterocycles. The zero-order valence-electron chi connectivity index (χ0n) is 16.0. The van der Waals surface area contributed by atoms with E-state index < -0.39 is 0 Å². The number of unbranched alkanes of at least 4 members (excludes halogenated alkanes) is 3. The minimum absolute atomic E-state index is 0.330. The van der Waals surface area contributed by atoms with E-state index in [9.17, 15) is 4.79 Å². The van der Waals surface area contributed by atoms with E-state index in [1.165, 1.54) is 30.4 Å². The molecule has 144 valence electrons. The summed E-state index contributed by atoms with van der Waals surface area (Å²) in [5, 5.41) is 0. The van der Waals surface area contributed by atoms with Crippen LogP contribution in [0.1, 0.15) is 56.6 Å². The lowest BCUT2D eigenvalue weighted by molar-refractivity contribution is -0.203. The first-order valence-electron chi connectivity index (χ1n) is 10.2. The molecule has 3 rings (SSSR count). The van der Waals surface area contributed by atoms with E-state index in [0.29, 0.717) is 18.9 Å². The monoisotopic (exact) mass is 360 g/mol. The van der Waals surface area contributed by atoms with Crippen LogP contribution in [0.15, 0.2) is 18.2 Å². The average molecular weight is 360 g/mol. The molecule has 0 aliphatic carbocycles. The van der Waals surface area contributed by atoms with Gasteiger partial charge in [-0.1, -0.05) is 38.3 Å². The van der Waals surface area contributed by atoms with Crippen LogP contribution in [0.3, 0.4) is 0 Å². The molecule has 26 heavy (non-hydrogen) atoms. The van der Waals surface area contributed by atoms with Crippen molar-refractivity contribution in [2.75, 3.05) is 32.8 Å². The number of nitrogens with zero attached hydrogens (tertiary/aromatic N) is 2. The van der Waals surface area contributed by atoms with Crippen LogP contribution in [0.4, 0.5) is 0 Å². The molecular formula is C21H32N2O3. The quantitative estimate of drug-likeness (QED) is 0.551. The van der Waals surface area contributed by atoms with Crippen LogP contribution in [-0.4, -0.2) is 48.5 Å². The first-order valence-corrected chi connectivity index (χ1v) is 10.2. The molecule has 0 radical (unpaired) electrons. The van der Waals surface area contributed by atoms with Gasteiger partial charge in [-0.25, -0.2) is 0 Å². The van der Waals surface area contributed by atoms with Gasteiger partial charge in [0.25, 0.3) is 0 Å². The van der Waals surface area contributed by atoms with Gasteiger partial charge < -0.3 is 9.79 Å². The summed E-state index contributed by atoms with van der Waals surface area (Å²) in [6.07, 6.45) is 7.37. The van der Waals surface area contributed by atoms with Gasteiger partial charge in [0.05, 0.1) is 6.61 Å². The topological polar surface area (TPSA) is 42.0 Å². The molecule has 2 aliphatic rings. The largest absolute Gasteiger partial charge is 0.340 e. The Labute approximate surface area is 157 Å². The SMILES string of the molecule is CCCCCCC(=O)N1CCN(Cc2ccc3c(c2)OOCCC3)CC1. The Morgan fingerprint density at radius 2 is 1.96 bits per heavy atom. The van der Waals surface area contributed by atoms with Gasteiger partial charge in [0.1, 0.15) is 0 Å². The van der Waals surface area contributed by atoms with Crippen LogP contribution >= 0.6 is 0 Å². The summed E-state index contributed by atoms with van der Waals surface area (Å²) in [5.41, 5.74) is 2.47. The summed E-state index contributed by atoms with van der Waals surface area (Å²) in [4.78, 5) is 27.4. The van der Waals surface area contributed by atoms with Gasteiger partial charge in [-0.05, 0) is 36.5 Å². The van der Waals surface area contributed by atoms with Gasteiger partial charge in [0.15, 0.2) is 5.75 Å². The Balaban J connectivity index is 1.44. The van der Waals surface area contributed by atoms with Crippen molar-refractivity contribution in [3.8, 4) is 5.75 Å². The number of amides is 1. The smallest absolute Gasteiger partial charge is 0.222 e. The molecule has 0 N–H and O–H groups in total. The highest BCUT2D eigenvalue weighted by Gasteiger charge is 2.21. The number of benzene rings is 1. The molecule has 1 aromatic rings. The van der Waals surface area contributed by atoms with Gasteiger partial charge in [-0.2, -0.15) is 4.89 Å². The van der Waals surface area contributed by atoms with E-state index in [0.717, 1.165) is 57.7 Å². The number of piperazine rings is 1. The maximum absolute atomic E-state index is 12.3. The van der Waals surface area contributed by atoms with Crippen LogP contribution in [0.2, 0.25) is 0 Å². The average Bonchev–Trinajstić information content (AvgIpc) is 2.91. The maximum atomic E-state index is 12.3. The fraction of sp³-hybridized carbons (Fsp3) is 0.667. The Morgan fingerprint density at radius 1 is 1.12 bits per heavy atom. The van der Waals surface area contributed by atoms with Gasteiger partial charge in [-0.3, -0.25) is 9.69 Å². The van der Waals surface area contributed by atoms with E-state index in [1.807, 2.05) is 4.90 Å². The lowest BCUT2D eigenvalue weighted by Gasteiger charge is -2.35. The van der Waals surface area contributed by atoms with Crippen molar-refractivity contribution in [3.05, 3.63) is 29.3 Å². The maximum Gasteiger partial charge on any atom is 0.222 e. The summed E-state index contributed by atoms with van der Waals surface area (Å²) in [6.45, 7) is 7.32. The fourth-order valence-corrected chi connectivity index (χ4v) is 3.68. The third-order valence-electron chi connectivity index (χ3n) is 5.33. The summed E-state index contributed by atoms with van der Waals surface area (Å²) >= 11 is 0. The molecule has 1 saturated heterocycles. The highest BCUT2D eigenvalue weighted by atomic mass is 17.2. The number of hydrogen-bond donors (Lipinski definition) is 0. The lowest BCUT2D eigenvalue weighted by Crippen LogP contribution is -2.48. The van der Waals surface area contributed by atoms with E-state index in [4.69, 9.17) is 9.78 Å². The van der Waals surface area contributed by atoms with Gasteiger partial charge in [0.2, 0.25) is 5.91 Å². The normalized spacial score (nSPS) is 18.1. The van der Waals surface area contributed by atoms with Crippen molar-refractivity contribution in [1.29, 1.82) is 0 Å². The molecule has 2 aliphatic heterocycles. The molecule has 0 saturated carbocycles. The summed E-state index contributed by atoms with van der Waals surface area (Å²) in [7, 11) is 0. The van der Waals surface area contributed by atoms with Crippen LogP contribution in [0.5, 0.6) is 5.75 Å². The van der Waals surface area contributed by atoms with E-state index >= 15 is 0 Å². The molecule has 0 bridgehead atoms. The molecule has 5 nitrogen and oxygen atoms in total. The second-order valence-corrected chi connectivity index (χ2v) is 7.42. The van der Waals surface area contributed by atoms with Gasteiger partial charge >= 0.3 is 0 Å². The minimum Gasteiger partial charge on any atom is -0.340 e. The van der Waals surface area contributed by atoms with Crippen molar-refractivity contribution < 1.29 is 14.6 Å². The van der Waals surface area contributed by atoms with E-state index in [2.05, 4.69) is 30.0 Å². The Bertz CT molecular complexity index is 583. The summed E-state index contributed by atoms with van der Waals surface area (Å²) in [5.74, 6) is 1.19. The second-order valence-electron chi connectivity index (χ2n) is 7.42. The van der Waals surface area contributed by atoms with Crippen molar-refractivity contribution in [2.24, 2.45) is 0 Å². The molecule has 0 atom stereocenters. The molecule has 1 fully saturated rings. The molecular weight excluding hydrogens is 328 g/mol. The Hall–Kier alpha value is -1.59. The predicted molar refractivity (Wildman–Crippen MR) is 102 cm³/mol. The fourth-order valence-electron chi connectivity index (χ4n) is 3.68. The molecule has 5 heteroatoms. The number of carbonyl (C=O) groups excluding carboxylic acids is 1. The van der Waals surface area contributed by atoms with Crippen molar-refractivity contribution in [3.63, 3.8) is 0 Å². The molecule has 1 aromatic carbocycles. The van der Waals surface area contributed by atoms with Crippen LogP contribution in [-0.2, 0) is 22.6 Å². The van der Waals surface area contributed by atoms with Crippen molar-refractivity contribution in [1.82, 2.24) is 9.80 Å². The Kier molecular flexibility index (Phi) is 7.32. The third kappa shape index (κ3) is 5.45. The molecule has 0 unspecified atom stereocenters. The van der Waals surface area contributed by atoms with E-state index in [1.54, 1.807) is 0 Å². The van der Waals surface area contributed by atoms with Crippen LogP contribution < -0.4 is 4.89 Å². The highest BCUT2D eigenvalue weighted by molar-refractivity contribution is 5.76. The van der Waals surface area contributed by atoms with Gasteiger partial charge in [-0.15, -0.1) is 0 Å². The third-order valence-corrected chi connectivity index (χ3v) is 5.33. The van der Waals surface area contributed by atoms with Gasteiger partial charge in [0, 0.05) is 39.1 Å². The minimum atomic E-state index is 0.330. The van der Waals surface area contributed by atoms with Crippen molar-refractivity contribution in [2.45, 2.75) is 58.4 Å². The number of carbonyl (C=O) groups is 1. The van der Waals surface area contributed by atoms with Crippen LogP contribution in [0.25, 0.3) is 0 Å². The standard InChI is InChI=1S/C21H32N2O3/c1-2-3-4-5-8-21(24)23-13-11-22(12-14-23)17-18-9-10-19-7-6-15-25-26-20(19)16-18/h9-10,16H,2-8,11-15,17H2,1H3. The first-order chi connectivity index (χ1) is 12.8. The molecule has 2 heterocycles.